The SMILES string of the molecule is COc1cc(OCCCC(=O)OC(=O)c2c(-c3cccs3)noc2NC(C)=O)ccc1CNc1ccccc1. The molecule has 0 bridgehead atoms. The first-order chi connectivity index (χ1) is 18.9. The fourth-order valence-electron chi connectivity index (χ4n) is 3.63. The minimum absolute atomic E-state index is 0.0585. The van der Waals surface area contributed by atoms with E-state index < -0.39 is 17.8 Å². The lowest BCUT2D eigenvalue weighted by atomic mass is 10.2. The van der Waals surface area contributed by atoms with Crippen LogP contribution in [0.3, 0.4) is 0 Å². The van der Waals surface area contributed by atoms with E-state index in [1.165, 1.54) is 18.3 Å². The van der Waals surface area contributed by atoms with Gasteiger partial charge in [0.2, 0.25) is 11.8 Å². The van der Waals surface area contributed by atoms with E-state index in [4.69, 9.17) is 18.7 Å². The van der Waals surface area contributed by atoms with Gasteiger partial charge >= 0.3 is 11.9 Å². The van der Waals surface area contributed by atoms with Crippen LogP contribution in [0, 0.1) is 0 Å². The summed E-state index contributed by atoms with van der Waals surface area (Å²) < 4.78 is 21.4. The van der Waals surface area contributed by atoms with E-state index in [1.54, 1.807) is 30.7 Å². The van der Waals surface area contributed by atoms with Gasteiger partial charge in [0.1, 0.15) is 17.2 Å². The molecule has 2 N–H and O–H groups in total. The van der Waals surface area contributed by atoms with Crippen molar-refractivity contribution in [2.45, 2.75) is 26.3 Å². The van der Waals surface area contributed by atoms with Crippen LogP contribution in [0.25, 0.3) is 10.6 Å². The van der Waals surface area contributed by atoms with Crippen molar-refractivity contribution in [3.63, 3.8) is 0 Å². The molecule has 2 aromatic carbocycles. The zero-order valence-corrected chi connectivity index (χ0v) is 22.2. The smallest absolute Gasteiger partial charge is 0.353 e. The molecule has 39 heavy (non-hydrogen) atoms. The highest BCUT2D eigenvalue weighted by atomic mass is 32.1. The molecule has 10 nitrogen and oxygen atoms in total. The second-order valence-corrected chi connectivity index (χ2v) is 9.25. The minimum Gasteiger partial charge on any atom is -0.496 e. The molecule has 2 aromatic heterocycles. The number of hydrogen-bond acceptors (Lipinski definition) is 10. The number of rotatable bonds is 12. The van der Waals surface area contributed by atoms with Crippen molar-refractivity contribution in [2.75, 3.05) is 24.4 Å². The van der Waals surface area contributed by atoms with Crippen molar-refractivity contribution < 1.29 is 33.1 Å². The predicted molar refractivity (Wildman–Crippen MR) is 146 cm³/mol. The van der Waals surface area contributed by atoms with Gasteiger partial charge in [-0.15, -0.1) is 11.3 Å². The number of anilines is 2. The summed E-state index contributed by atoms with van der Waals surface area (Å²) in [7, 11) is 1.59. The second kappa shape index (κ2) is 13.2. The summed E-state index contributed by atoms with van der Waals surface area (Å²) in [5.74, 6) is -1.08. The molecule has 0 aliphatic rings. The van der Waals surface area contributed by atoms with Crippen molar-refractivity contribution in [3.05, 3.63) is 77.2 Å². The van der Waals surface area contributed by atoms with Gasteiger partial charge in [0.25, 0.3) is 0 Å². The number of carbonyl (C=O) groups excluding carboxylic acids is 3. The first-order valence-electron chi connectivity index (χ1n) is 12.1. The van der Waals surface area contributed by atoms with Crippen LogP contribution >= 0.6 is 11.3 Å². The number of carbonyl (C=O) groups is 3. The molecule has 0 saturated heterocycles. The van der Waals surface area contributed by atoms with E-state index in [0.717, 1.165) is 11.3 Å². The highest BCUT2D eigenvalue weighted by Gasteiger charge is 2.28. The summed E-state index contributed by atoms with van der Waals surface area (Å²) in [6.45, 7) is 2.06. The van der Waals surface area contributed by atoms with Gasteiger partial charge in [-0.05, 0) is 42.1 Å². The van der Waals surface area contributed by atoms with Gasteiger partial charge in [-0.2, -0.15) is 0 Å². The summed E-state index contributed by atoms with van der Waals surface area (Å²) >= 11 is 1.32. The summed E-state index contributed by atoms with van der Waals surface area (Å²) in [6, 6.07) is 18.9. The van der Waals surface area contributed by atoms with Crippen LogP contribution in [0.4, 0.5) is 11.6 Å². The first-order valence-corrected chi connectivity index (χ1v) is 13.0. The molecular formula is C28H27N3O7S. The third-order valence-corrected chi connectivity index (χ3v) is 6.33. The van der Waals surface area contributed by atoms with Crippen LogP contribution in [-0.2, 0) is 20.9 Å². The van der Waals surface area contributed by atoms with E-state index in [0.29, 0.717) is 29.3 Å². The molecule has 0 radical (unpaired) electrons. The Hall–Kier alpha value is -4.64. The Kier molecular flexibility index (Phi) is 9.30. The minimum atomic E-state index is -0.959. The maximum Gasteiger partial charge on any atom is 0.353 e. The monoisotopic (exact) mass is 549 g/mol. The Morgan fingerprint density at radius 1 is 1.05 bits per heavy atom. The number of hydrogen-bond donors (Lipinski definition) is 2. The molecule has 0 aliphatic heterocycles. The van der Waals surface area contributed by atoms with Crippen LogP contribution in [0.1, 0.15) is 35.7 Å². The third kappa shape index (κ3) is 7.45. The highest BCUT2D eigenvalue weighted by molar-refractivity contribution is 7.13. The maximum absolute atomic E-state index is 12.8. The van der Waals surface area contributed by atoms with Crippen molar-refractivity contribution in [3.8, 4) is 22.1 Å². The molecule has 4 rings (SSSR count). The topological polar surface area (TPSA) is 129 Å². The predicted octanol–water partition coefficient (Wildman–Crippen LogP) is 5.52. The van der Waals surface area contributed by atoms with Gasteiger partial charge in [-0.3, -0.25) is 14.9 Å². The first kappa shape index (κ1) is 27.4. The van der Waals surface area contributed by atoms with Crippen molar-refractivity contribution in [1.82, 2.24) is 5.16 Å². The van der Waals surface area contributed by atoms with Gasteiger partial charge in [0.15, 0.2) is 5.56 Å². The van der Waals surface area contributed by atoms with E-state index in [-0.39, 0.29) is 30.2 Å². The van der Waals surface area contributed by atoms with E-state index in [1.807, 2.05) is 42.5 Å². The van der Waals surface area contributed by atoms with Gasteiger partial charge in [0.05, 0.1) is 18.6 Å². The Bertz CT molecular complexity index is 1420. The lowest BCUT2D eigenvalue weighted by Crippen LogP contribution is -2.16. The van der Waals surface area contributed by atoms with Gasteiger partial charge in [-0.1, -0.05) is 29.4 Å². The Morgan fingerprint density at radius 3 is 2.59 bits per heavy atom. The quantitative estimate of drug-likeness (QED) is 0.133. The molecule has 11 heteroatoms. The average molecular weight is 550 g/mol. The number of benzene rings is 2. The summed E-state index contributed by atoms with van der Waals surface area (Å²) in [5.41, 5.74) is 2.03. The van der Waals surface area contributed by atoms with E-state index in [9.17, 15) is 14.4 Å². The Labute approximate surface area is 228 Å². The number of methoxy groups -OCH3 is 1. The number of para-hydroxylation sites is 1. The number of amides is 1. The lowest BCUT2D eigenvalue weighted by Gasteiger charge is -2.13. The molecule has 1 amide bonds. The number of thiophene rings is 1. The second-order valence-electron chi connectivity index (χ2n) is 8.30. The fraction of sp³-hybridized carbons (Fsp3) is 0.214. The molecule has 0 atom stereocenters. The van der Waals surface area contributed by atoms with E-state index >= 15 is 0 Å². The Morgan fingerprint density at radius 2 is 1.87 bits per heavy atom. The van der Waals surface area contributed by atoms with Crippen molar-refractivity contribution >= 4 is 40.8 Å². The molecule has 0 unspecified atom stereocenters. The molecule has 4 aromatic rings. The van der Waals surface area contributed by atoms with Crippen LogP contribution in [0.2, 0.25) is 0 Å². The molecule has 0 spiro atoms. The molecule has 2 heterocycles. The summed E-state index contributed by atoms with van der Waals surface area (Å²) in [6.07, 6.45) is 0.253. The van der Waals surface area contributed by atoms with Gasteiger partial charge < -0.3 is 24.1 Å². The van der Waals surface area contributed by atoms with Gasteiger partial charge in [-0.25, -0.2) is 4.79 Å². The molecular weight excluding hydrogens is 522 g/mol. The highest BCUT2D eigenvalue weighted by Crippen LogP contribution is 2.32. The normalized spacial score (nSPS) is 10.5. The molecule has 202 valence electrons. The number of esters is 2. The third-order valence-electron chi connectivity index (χ3n) is 5.46. The number of ether oxygens (including phenoxy) is 3. The maximum atomic E-state index is 12.8. The van der Waals surface area contributed by atoms with Crippen molar-refractivity contribution in [2.24, 2.45) is 0 Å². The largest absolute Gasteiger partial charge is 0.496 e. The number of aromatic nitrogens is 1. The lowest BCUT2D eigenvalue weighted by molar-refractivity contribution is -0.138. The van der Waals surface area contributed by atoms with Crippen molar-refractivity contribution in [1.29, 1.82) is 0 Å². The molecule has 0 saturated carbocycles. The number of nitrogens with one attached hydrogen (secondary N) is 2. The fourth-order valence-corrected chi connectivity index (χ4v) is 4.34. The summed E-state index contributed by atoms with van der Waals surface area (Å²) in [5, 5.41) is 11.4. The summed E-state index contributed by atoms with van der Waals surface area (Å²) in [4.78, 5) is 37.3. The zero-order valence-electron chi connectivity index (χ0n) is 21.4. The molecule has 0 aliphatic carbocycles. The van der Waals surface area contributed by atoms with Crippen LogP contribution in [0.15, 0.2) is 70.6 Å². The zero-order chi connectivity index (χ0) is 27.6. The van der Waals surface area contributed by atoms with Crippen LogP contribution < -0.4 is 20.1 Å². The van der Waals surface area contributed by atoms with E-state index in [2.05, 4.69) is 15.8 Å². The number of nitrogens with zero attached hydrogens (tertiary/aromatic N) is 1. The van der Waals surface area contributed by atoms with Crippen LogP contribution in [0.5, 0.6) is 11.5 Å². The Balaban J connectivity index is 1.28. The van der Waals surface area contributed by atoms with Gasteiger partial charge in [0, 0.05) is 37.2 Å². The van der Waals surface area contributed by atoms with Crippen LogP contribution in [-0.4, -0.2) is 36.7 Å². The molecule has 0 fully saturated rings. The average Bonchev–Trinajstić information content (AvgIpc) is 3.60. The standard InChI is InChI=1S/C28H27N3O7S/c1-18(32)30-27-25(26(31-38-27)23-10-7-15-39-23)28(34)37-24(33)11-6-14-36-21-13-12-19(22(16-21)35-2)17-29-20-8-4-3-5-9-20/h3-5,7-10,12-13,15-16,29H,6,11,14,17H2,1-2H3,(H,30,32).